The maximum Gasteiger partial charge on any atom is 0.259 e. The molecular formula is C15H17N5OS3. The molecule has 1 aliphatic rings. The number of aromatic amines is 1. The number of thioether (sulfide) groups is 1. The molecule has 126 valence electrons. The molecule has 6 nitrogen and oxygen atoms in total. The fraction of sp³-hybridized carbons (Fsp3) is 0.467. The lowest BCUT2D eigenvalue weighted by Gasteiger charge is -2.10. The van der Waals surface area contributed by atoms with Crippen molar-refractivity contribution in [1.29, 1.82) is 0 Å². The van der Waals surface area contributed by atoms with Gasteiger partial charge in [0.05, 0.1) is 11.1 Å². The van der Waals surface area contributed by atoms with Gasteiger partial charge in [0.15, 0.2) is 4.34 Å². The van der Waals surface area contributed by atoms with Crippen LogP contribution in [0.4, 0.5) is 5.13 Å². The first-order chi connectivity index (χ1) is 11.6. The van der Waals surface area contributed by atoms with E-state index in [1.807, 2.05) is 13.8 Å². The number of aryl methyl sites for hydroxylation is 2. The fourth-order valence-corrected chi connectivity index (χ4v) is 5.61. The molecule has 0 saturated carbocycles. The van der Waals surface area contributed by atoms with E-state index >= 15 is 0 Å². The molecule has 3 aromatic rings. The lowest BCUT2D eigenvalue weighted by atomic mass is 10.2. The topological polar surface area (TPSA) is 74.8 Å². The van der Waals surface area contributed by atoms with Gasteiger partial charge in [0.2, 0.25) is 5.13 Å². The number of nitrogens with one attached hydrogen (secondary N) is 1. The van der Waals surface area contributed by atoms with E-state index in [1.54, 1.807) is 34.4 Å². The van der Waals surface area contributed by atoms with Gasteiger partial charge < -0.3 is 9.88 Å². The van der Waals surface area contributed by atoms with Crippen LogP contribution in [-0.4, -0.2) is 33.3 Å². The van der Waals surface area contributed by atoms with Gasteiger partial charge in [-0.1, -0.05) is 23.1 Å². The average Bonchev–Trinajstić information content (AvgIpc) is 3.27. The molecule has 1 aliphatic heterocycles. The molecule has 24 heavy (non-hydrogen) atoms. The minimum Gasteiger partial charge on any atom is -0.347 e. The summed E-state index contributed by atoms with van der Waals surface area (Å²) < 4.78 is 0.915. The van der Waals surface area contributed by atoms with Gasteiger partial charge in [0, 0.05) is 18.0 Å². The number of anilines is 1. The Morgan fingerprint density at radius 1 is 1.21 bits per heavy atom. The zero-order valence-electron chi connectivity index (χ0n) is 13.5. The van der Waals surface area contributed by atoms with Crippen molar-refractivity contribution in [2.75, 3.05) is 18.0 Å². The van der Waals surface area contributed by atoms with Gasteiger partial charge in [0.1, 0.15) is 10.7 Å². The number of rotatable bonds is 4. The van der Waals surface area contributed by atoms with Crippen molar-refractivity contribution in [3.63, 3.8) is 0 Å². The fourth-order valence-electron chi connectivity index (χ4n) is 2.79. The monoisotopic (exact) mass is 379 g/mol. The van der Waals surface area contributed by atoms with E-state index in [2.05, 4.69) is 25.1 Å². The predicted octanol–water partition coefficient (Wildman–Crippen LogP) is 3.35. The molecule has 0 radical (unpaired) electrons. The third kappa shape index (κ3) is 2.96. The average molecular weight is 380 g/mol. The largest absolute Gasteiger partial charge is 0.347 e. The Morgan fingerprint density at radius 2 is 2.00 bits per heavy atom. The van der Waals surface area contributed by atoms with Gasteiger partial charge in [-0.25, -0.2) is 4.98 Å². The van der Waals surface area contributed by atoms with E-state index in [-0.39, 0.29) is 5.56 Å². The van der Waals surface area contributed by atoms with Crippen LogP contribution in [0, 0.1) is 13.8 Å². The van der Waals surface area contributed by atoms with Gasteiger partial charge in [0.25, 0.3) is 5.56 Å². The number of hydrogen-bond donors (Lipinski definition) is 1. The Morgan fingerprint density at radius 3 is 2.79 bits per heavy atom. The predicted molar refractivity (Wildman–Crippen MR) is 101 cm³/mol. The lowest BCUT2D eigenvalue weighted by molar-refractivity contribution is 0.912. The Kier molecular flexibility index (Phi) is 4.31. The van der Waals surface area contributed by atoms with Gasteiger partial charge in [-0.15, -0.1) is 21.5 Å². The zero-order valence-corrected chi connectivity index (χ0v) is 15.9. The maximum absolute atomic E-state index is 12.3. The molecule has 0 atom stereocenters. The SMILES string of the molecule is Cc1sc2nc(CSc3nnc(N4CCCC4)s3)[nH]c(=O)c2c1C. The first-order valence-electron chi connectivity index (χ1n) is 7.82. The van der Waals surface area contributed by atoms with Crippen molar-refractivity contribution >= 4 is 49.8 Å². The summed E-state index contributed by atoms with van der Waals surface area (Å²) in [6.07, 6.45) is 2.46. The van der Waals surface area contributed by atoms with E-state index < -0.39 is 0 Å². The summed E-state index contributed by atoms with van der Waals surface area (Å²) in [6.45, 7) is 6.14. The molecule has 4 heterocycles. The van der Waals surface area contributed by atoms with Crippen LogP contribution in [0.1, 0.15) is 29.1 Å². The number of nitrogens with zero attached hydrogens (tertiary/aromatic N) is 4. The van der Waals surface area contributed by atoms with Crippen molar-refractivity contribution in [3.05, 3.63) is 26.6 Å². The molecule has 0 unspecified atom stereocenters. The molecule has 9 heteroatoms. The highest BCUT2D eigenvalue weighted by atomic mass is 32.2. The van der Waals surface area contributed by atoms with E-state index in [9.17, 15) is 4.79 Å². The van der Waals surface area contributed by atoms with Gasteiger partial charge in [-0.2, -0.15) is 0 Å². The Labute approximate surface area is 151 Å². The first-order valence-corrected chi connectivity index (χ1v) is 10.4. The standard InChI is InChI=1S/C15H17N5OS3/c1-8-9(2)23-13-11(8)12(21)16-10(17-13)7-22-15-19-18-14(24-15)20-5-3-4-6-20/h3-7H2,1-2H3,(H,16,17,21). The van der Waals surface area contributed by atoms with Crippen LogP contribution >= 0.6 is 34.4 Å². The summed E-state index contributed by atoms with van der Waals surface area (Å²) in [7, 11) is 0. The summed E-state index contributed by atoms with van der Waals surface area (Å²) in [4.78, 5) is 24.0. The maximum atomic E-state index is 12.3. The second-order valence-electron chi connectivity index (χ2n) is 5.81. The summed E-state index contributed by atoms with van der Waals surface area (Å²) in [5, 5.41) is 10.2. The number of fused-ring (bicyclic) bond motifs is 1. The highest BCUT2D eigenvalue weighted by Gasteiger charge is 2.17. The van der Waals surface area contributed by atoms with Crippen molar-refractivity contribution in [3.8, 4) is 0 Å². The van der Waals surface area contributed by atoms with Crippen LogP contribution in [0.25, 0.3) is 10.2 Å². The summed E-state index contributed by atoms with van der Waals surface area (Å²) >= 11 is 4.76. The lowest BCUT2D eigenvalue weighted by Crippen LogP contribution is -2.17. The highest BCUT2D eigenvalue weighted by Crippen LogP contribution is 2.32. The summed E-state index contributed by atoms with van der Waals surface area (Å²) in [5.74, 6) is 1.28. The Hall–Kier alpha value is -1.45. The van der Waals surface area contributed by atoms with Gasteiger partial charge in [-0.05, 0) is 32.3 Å². The van der Waals surface area contributed by atoms with E-state index in [4.69, 9.17) is 0 Å². The molecule has 0 amide bonds. The van der Waals surface area contributed by atoms with Crippen molar-refractivity contribution in [1.82, 2.24) is 20.2 Å². The van der Waals surface area contributed by atoms with E-state index in [1.165, 1.54) is 12.8 Å². The van der Waals surface area contributed by atoms with Crippen molar-refractivity contribution < 1.29 is 0 Å². The second kappa shape index (κ2) is 6.45. The second-order valence-corrected chi connectivity index (χ2v) is 9.19. The Balaban J connectivity index is 1.51. The van der Waals surface area contributed by atoms with E-state index in [0.29, 0.717) is 11.6 Å². The van der Waals surface area contributed by atoms with Crippen LogP contribution in [0.15, 0.2) is 9.13 Å². The van der Waals surface area contributed by atoms with Crippen LogP contribution in [0.5, 0.6) is 0 Å². The number of H-pyrrole nitrogens is 1. The Bertz CT molecular complexity index is 938. The minimum atomic E-state index is -0.0486. The normalized spacial score (nSPS) is 14.8. The molecule has 3 aromatic heterocycles. The smallest absolute Gasteiger partial charge is 0.259 e. The summed E-state index contributed by atoms with van der Waals surface area (Å²) in [6, 6.07) is 0. The van der Waals surface area contributed by atoms with Crippen LogP contribution < -0.4 is 10.5 Å². The van der Waals surface area contributed by atoms with Crippen LogP contribution in [-0.2, 0) is 5.75 Å². The molecule has 1 N–H and O–H groups in total. The minimum absolute atomic E-state index is 0.0486. The van der Waals surface area contributed by atoms with Crippen molar-refractivity contribution in [2.24, 2.45) is 0 Å². The highest BCUT2D eigenvalue weighted by molar-refractivity contribution is 8.00. The first kappa shape index (κ1) is 16.0. The molecule has 0 aliphatic carbocycles. The molecule has 0 aromatic carbocycles. The van der Waals surface area contributed by atoms with E-state index in [0.717, 1.165) is 43.2 Å². The quantitative estimate of drug-likeness (QED) is 0.701. The summed E-state index contributed by atoms with van der Waals surface area (Å²) in [5.41, 5.74) is 0.981. The molecule has 0 bridgehead atoms. The third-order valence-corrected chi connectivity index (χ3v) is 7.42. The number of aromatic nitrogens is 4. The molecule has 1 saturated heterocycles. The van der Waals surface area contributed by atoms with Crippen molar-refractivity contribution in [2.45, 2.75) is 36.8 Å². The molecule has 0 spiro atoms. The van der Waals surface area contributed by atoms with Crippen LogP contribution in [0.3, 0.4) is 0 Å². The van der Waals surface area contributed by atoms with Crippen LogP contribution in [0.2, 0.25) is 0 Å². The van der Waals surface area contributed by atoms with Gasteiger partial charge in [-0.3, -0.25) is 4.79 Å². The molecule has 4 rings (SSSR count). The third-order valence-electron chi connectivity index (χ3n) is 4.19. The number of hydrogen-bond acceptors (Lipinski definition) is 8. The zero-order chi connectivity index (χ0) is 16.7. The molecule has 1 fully saturated rings. The van der Waals surface area contributed by atoms with Gasteiger partial charge >= 0.3 is 0 Å². The molecular weight excluding hydrogens is 362 g/mol. The number of thiophene rings is 1.